The van der Waals surface area contributed by atoms with Crippen molar-refractivity contribution >= 4 is 11.7 Å². The topological polar surface area (TPSA) is 49.3 Å². The fourth-order valence-electron chi connectivity index (χ4n) is 3.89. The molecule has 26 heavy (non-hydrogen) atoms. The molecule has 0 atom stereocenters. The molecule has 0 amide bonds. The number of rotatable bonds is 4. The van der Waals surface area contributed by atoms with Crippen molar-refractivity contribution < 1.29 is 9.90 Å². The lowest BCUT2D eigenvalue weighted by atomic mass is 9.82. The van der Waals surface area contributed by atoms with Gasteiger partial charge < -0.3 is 10.4 Å². The van der Waals surface area contributed by atoms with Gasteiger partial charge in [0.15, 0.2) is 0 Å². The van der Waals surface area contributed by atoms with Gasteiger partial charge in [0, 0.05) is 17.6 Å². The number of anilines is 1. The van der Waals surface area contributed by atoms with Crippen LogP contribution in [0.15, 0.2) is 66.7 Å². The largest absolute Gasteiger partial charge is 0.478 e. The zero-order chi connectivity index (χ0) is 18.3. The second-order valence-corrected chi connectivity index (χ2v) is 7.25. The molecule has 0 aliphatic heterocycles. The molecule has 2 N–H and O–H groups in total. The molecule has 4 rings (SSSR count). The van der Waals surface area contributed by atoms with Crippen molar-refractivity contribution in [1.82, 2.24) is 0 Å². The van der Waals surface area contributed by atoms with Crippen LogP contribution < -0.4 is 5.32 Å². The Hall–Kier alpha value is -3.07. The molecule has 3 heteroatoms. The predicted octanol–water partition coefficient (Wildman–Crippen LogP) is 5.30. The van der Waals surface area contributed by atoms with E-state index in [0.717, 1.165) is 11.3 Å². The number of carboxylic acid groups (broad SMARTS) is 1. The second kappa shape index (κ2) is 6.03. The minimum atomic E-state index is -0.895. The third kappa shape index (κ3) is 2.57. The molecule has 130 valence electrons. The summed E-state index contributed by atoms with van der Waals surface area (Å²) in [6.45, 7) is 4.98. The van der Waals surface area contributed by atoms with E-state index in [-0.39, 0.29) is 5.41 Å². The maximum Gasteiger partial charge on any atom is 0.336 e. The molecular formula is C23H21NO2. The number of hydrogen-bond acceptors (Lipinski definition) is 2. The Labute approximate surface area is 153 Å². The molecule has 0 aromatic heterocycles. The summed E-state index contributed by atoms with van der Waals surface area (Å²) in [7, 11) is 0. The van der Waals surface area contributed by atoms with Crippen molar-refractivity contribution in [2.24, 2.45) is 0 Å². The van der Waals surface area contributed by atoms with Crippen molar-refractivity contribution in [1.29, 1.82) is 0 Å². The van der Waals surface area contributed by atoms with Crippen LogP contribution in [-0.2, 0) is 12.0 Å². The van der Waals surface area contributed by atoms with E-state index in [2.05, 4.69) is 61.6 Å². The van der Waals surface area contributed by atoms with Gasteiger partial charge in [0.2, 0.25) is 0 Å². The zero-order valence-electron chi connectivity index (χ0n) is 14.9. The molecular weight excluding hydrogens is 322 g/mol. The van der Waals surface area contributed by atoms with Crippen LogP contribution >= 0.6 is 0 Å². The summed E-state index contributed by atoms with van der Waals surface area (Å²) in [5.41, 5.74) is 7.32. The summed E-state index contributed by atoms with van der Waals surface area (Å²) >= 11 is 0. The van der Waals surface area contributed by atoms with Crippen molar-refractivity contribution in [3.8, 4) is 11.1 Å². The molecule has 0 fully saturated rings. The van der Waals surface area contributed by atoms with Crippen molar-refractivity contribution in [3.05, 3.63) is 89.0 Å². The van der Waals surface area contributed by atoms with Crippen LogP contribution in [0.1, 0.15) is 40.9 Å². The van der Waals surface area contributed by atoms with Crippen LogP contribution in [0.5, 0.6) is 0 Å². The van der Waals surface area contributed by atoms with E-state index in [1.54, 1.807) is 12.1 Å². The lowest BCUT2D eigenvalue weighted by Crippen LogP contribution is -2.15. The molecule has 0 saturated heterocycles. The van der Waals surface area contributed by atoms with Gasteiger partial charge in [0.1, 0.15) is 0 Å². The van der Waals surface area contributed by atoms with Crippen LogP contribution in [0.4, 0.5) is 5.69 Å². The number of carboxylic acids is 1. The van der Waals surface area contributed by atoms with E-state index in [4.69, 9.17) is 0 Å². The van der Waals surface area contributed by atoms with E-state index in [1.165, 1.54) is 22.3 Å². The van der Waals surface area contributed by atoms with Gasteiger partial charge in [-0.1, -0.05) is 62.4 Å². The fraction of sp³-hybridized carbons (Fsp3) is 0.174. The van der Waals surface area contributed by atoms with E-state index in [1.807, 2.05) is 12.1 Å². The Morgan fingerprint density at radius 2 is 1.62 bits per heavy atom. The highest BCUT2D eigenvalue weighted by atomic mass is 16.4. The smallest absolute Gasteiger partial charge is 0.336 e. The first-order valence-corrected chi connectivity index (χ1v) is 8.78. The average Bonchev–Trinajstić information content (AvgIpc) is 2.88. The number of carbonyl (C=O) groups is 1. The SMILES string of the molecule is CC1(C)c2ccccc2-c2ccc(NCc3ccccc3C(=O)O)cc21. The summed E-state index contributed by atoms with van der Waals surface area (Å²) in [4.78, 5) is 11.4. The van der Waals surface area contributed by atoms with Crippen LogP contribution in [0, 0.1) is 0 Å². The lowest BCUT2D eigenvalue weighted by molar-refractivity contribution is 0.0696. The Balaban J connectivity index is 1.64. The second-order valence-electron chi connectivity index (χ2n) is 7.25. The highest BCUT2D eigenvalue weighted by molar-refractivity contribution is 5.89. The quantitative estimate of drug-likeness (QED) is 0.675. The monoisotopic (exact) mass is 343 g/mol. The van der Waals surface area contributed by atoms with Crippen LogP contribution in [0.25, 0.3) is 11.1 Å². The lowest BCUT2D eigenvalue weighted by Gasteiger charge is -2.22. The molecule has 1 aliphatic carbocycles. The van der Waals surface area contributed by atoms with Gasteiger partial charge in [-0.05, 0) is 46.0 Å². The number of nitrogens with one attached hydrogen (secondary N) is 1. The molecule has 0 radical (unpaired) electrons. The van der Waals surface area contributed by atoms with E-state index in [0.29, 0.717) is 12.1 Å². The molecule has 3 aromatic carbocycles. The number of aromatic carboxylic acids is 1. The Morgan fingerprint density at radius 1 is 0.923 bits per heavy atom. The van der Waals surface area contributed by atoms with E-state index in [9.17, 15) is 9.90 Å². The van der Waals surface area contributed by atoms with Crippen molar-refractivity contribution in [2.45, 2.75) is 25.8 Å². The third-order valence-corrected chi connectivity index (χ3v) is 5.31. The standard InChI is InChI=1S/C23H21NO2/c1-23(2)20-10-6-5-9-18(20)19-12-11-16(13-21(19)23)24-14-15-7-3-4-8-17(15)22(25)26/h3-13,24H,14H2,1-2H3,(H,25,26). The van der Waals surface area contributed by atoms with Gasteiger partial charge in [-0.3, -0.25) is 0 Å². The highest BCUT2D eigenvalue weighted by Crippen LogP contribution is 2.49. The fourth-order valence-corrected chi connectivity index (χ4v) is 3.89. The van der Waals surface area contributed by atoms with Crippen molar-refractivity contribution in [2.75, 3.05) is 5.32 Å². The van der Waals surface area contributed by atoms with Crippen LogP contribution in [0.2, 0.25) is 0 Å². The summed E-state index contributed by atoms with van der Waals surface area (Å²) in [6, 6.07) is 22.1. The van der Waals surface area contributed by atoms with Gasteiger partial charge in [-0.15, -0.1) is 0 Å². The minimum Gasteiger partial charge on any atom is -0.478 e. The molecule has 0 bridgehead atoms. The maximum atomic E-state index is 11.4. The van der Waals surface area contributed by atoms with E-state index < -0.39 is 5.97 Å². The first-order chi connectivity index (χ1) is 12.5. The summed E-state index contributed by atoms with van der Waals surface area (Å²) in [6.07, 6.45) is 0. The predicted molar refractivity (Wildman–Crippen MR) is 105 cm³/mol. The molecule has 0 unspecified atom stereocenters. The summed E-state index contributed by atoms with van der Waals surface area (Å²) < 4.78 is 0. The average molecular weight is 343 g/mol. The Morgan fingerprint density at radius 3 is 2.42 bits per heavy atom. The third-order valence-electron chi connectivity index (χ3n) is 5.31. The maximum absolute atomic E-state index is 11.4. The highest BCUT2D eigenvalue weighted by Gasteiger charge is 2.35. The normalized spacial score (nSPS) is 13.8. The first kappa shape index (κ1) is 16.4. The van der Waals surface area contributed by atoms with Gasteiger partial charge in [0.05, 0.1) is 5.56 Å². The molecule has 0 spiro atoms. The van der Waals surface area contributed by atoms with Gasteiger partial charge in [-0.25, -0.2) is 4.79 Å². The van der Waals surface area contributed by atoms with Gasteiger partial charge in [-0.2, -0.15) is 0 Å². The molecule has 3 nitrogen and oxygen atoms in total. The Bertz CT molecular complexity index is 1000. The summed E-state index contributed by atoms with van der Waals surface area (Å²) in [5.74, 6) is -0.895. The molecule has 1 aliphatic rings. The van der Waals surface area contributed by atoms with Gasteiger partial charge >= 0.3 is 5.97 Å². The van der Waals surface area contributed by atoms with Crippen LogP contribution in [-0.4, -0.2) is 11.1 Å². The number of benzene rings is 3. The first-order valence-electron chi connectivity index (χ1n) is 8.78. The zero-order valence-corrected chi connectivity index (χ0v) is 14.9. The number of fused-ring (bicyclic) bond motifs is 3. The van der Waals surface area contributed by atoms with Crippen LogP contribution in [0.3, 0.4) is 0 Å². The molecule has 0 heterocycles. The summed E-state index contributed by atoms with van der Waals surface area (Å²) in [5, 5.41) is 12.7. The number of hydrogen-bond donors (Lipinski definition) is 2. The minimum absolute atomic E-state index is 0.0391. The Kier molecular flexibility index (Phi) is 3.80. The molecule has 3 aromatic rings. The van der Waals surface area contributed by atoms with Crippen molar-refractivity contribution in [3.63, 3.8) is 0 Å². The van der Waals surface area contributed by atoms with Gasteiger partial charge in [0.25, 0.3) is 0 Å². The molecule has 0 saturated carbocycles. The van der Waals surface area contributed by atoms with E-state index >= 15 is 0 Å².